The zero-order valence-electron chi connectivity index (χ0n) is 55.7. The molecule has 13 heteroatoms. The Morgan fingerprint density at radius 1 is 0.354 bits per heavy atom. The van der Waals surface area contributed by atoms with Crippen molar-refractivity contribution in [2.45, 2.75) is 52.4 Å². The molecule has 0 unspecified atom stereocenters. The maximum atomic E-state index is 5.11. The quantitative estimate of drug-likeness (QED) is 0.126. The van der Waals surface area contributed by atoms with Crippen LogP contribution in [0.5, 0.6) is 0 Å². The summed E-state index contributed by atoms with van der Waals surface area (Å²) in [6, 6.07) is 97.9. The molecule has 476 valence electrons. The number of para-hydroxylation sites is 4. The number of halogens is 1. The fourth-order valence-electron chi connectivity index (χ4n) is 14.4. The summed E-state index contributed by atoms with van der Waals surface area (Å²) >= 11 is 5.79. The Hall–Kier alpha value is -10.4. The number of fused-ring (bicyclic) bond motifs is 10. The number of thiazole rings is 2. The van der Waals surface area contributed by atoms with E-state index in [4.69, 9.17) is 15.0 Å². The highest BCUT2D eigenvalue weighted by atomic mass is 127. The van der Waals surface area contributed by atoms with Crippen molar-refractivity contribution in [3.63, 3.8) is 0 Å². The smallest absolute Gasteiger partial charge is 0.252 e. The van der Waals surface area contributed by atoms with Crippen molar-refractivity contribution in [2.75, 3.05) is 20.4 Å². The zero-order valence-corrected chi connectivity index (χ0v) is 59.5. The third-order valence-electron chi connectivity index (χ3n) is 19.3. The molecule has 0 saturated carbocycles. The van der Waals surface area contributed by atoms with Crippen LogP contribution in [-0.4, -0.2) is 33.4 Å². The number of hydrogen-bond donors (Lipinski definition) is 2. The summed E-state index contributed by atoms with van der Waals surface area (Å²) in [6.07, 6.45) is 3.74. The second kappa shape index (κ2) is 25.1. The second-order valence-corrected chi connectivity index (χ2v) is 31.0. The highest BCUT2D eigenvalue weighted by Gasteiger charge is 2.45. The minimum Gasteiger partial charge on any atom is -0.356 e. The number of benzene rings is 11. The Morgan fingerprint density at radius 2 is 0.747 bits per heavy atom. The Morgan fingerprint density at radius 3 is 1.20 bits per heavy atom. The largest absolute Gasteiger partial charge is 0.356 e. The average molecular weight is 1430 g/mol. The first-order valence-electron chi connectivity index (χ1n) is 33.7. The van der Waals surface area contributed by atoms with E-state index in [1.54, 1.807) is 22.7 Å². The van der Waals surface area contributed by atoms with Gasteiger partial charge in [-0.05, 0) is 234 Å². The van der Waals surface area contributed by atoms with E-state index in [0.717, 1.165) is 77.4 Å². The molecule has 4 aliphatic rings. The van der Waals surface area contributed by atoms with Crippen LogP contribution in [0.1, 0.15) is 52.7 Å². The van der Waals surface area contributed by atoms with Crippen molar-refractivity contribution < 1.29 is 0 Å². The van der Waals surface area contributed by atoms with Crippen LogP contribution in [0.2, 0.25) is 0 Å². The van der Waals surface area contributed by atoms with Crippen LogP contribution in [0.4, 0.5) is 56.9 Å². The first-order valence-corrected chi connectivity index (χ1v) is 36.4. The molecule has 8 nitrogen and oxygen atoms in total. The standard InChI is InChI=1S/C46H35BN4S.C34H27BN4S.C6H5I/c1-46(2,3)32-28-41-44-42(29-32)51(34-16-8-5-9-17-34)40-24-22-31(45-49-38-19-10-11-20-43(38)52-45)27-36(40)47(44)35-26-30(37-18-12-13-25-48-37)21-23-39(35)50(41)33-14-6-4-7-15-33;1-34(2,3)22-18-29-32-30(19-22)38-27-14-12-21(33-39-28-9-4-5-10-31(28)40-33)17-24(27)35(32)23-16-20(11-13-26(23)37-29)25-8-6-7-15-36-25;7-6-4-2-1-3-5-6/h4-29H,1-3H3;4-19,37-38H,1-3H3;1-5H. The van der Waals surface area contributed by atoms with Gasteiger partial charge >= 0.3 is 0 Å². The van der Waals surface area contributed by atoms with Crippen LogP contribution in [-0.2, 0) is 10.8 Å². The van der Waals surface area contributed by atoms with Crippen LogP contribution in [0.3, 0.4) is 0 Å². The summed E-state index contributed by atoms with van der Waals surface area (Å²) in [5.41, 5.74) is 30.5. The van der Waals surface area contributed by atoms with E-state index < -0.39 is 0 Å². The minimum absolute atomic E-state index is 0.0260. The van der Waals surface area contributed by atoms with Crippen molar-refractivity contribution >= 4 is 169 Å². The molecule has 4 aliphatic heterocycles. The average Bonchev–Trinajstić information content (AvgIpc) is 1.00. The van der Waals surface area contributed by atoms with Gasteiger partial charge in [-0.1, -0.05) is 169 Å². The fourth-order valence-corrected chi connectivity index (χ4v) is 16.7. The number of pyridine rings is 2. The molecular weight excluding hydrogens is 1360 g/mol. The molecule has 19 rings (SSSR count). The maximum Gasteiger partial charge on any atom is 0.252 e. The van der Waals surface area contributed by atoms with Gasteiger partial charge in [0.2, 0.25) is 0 Å². The first kappa shape index (κ1) is 62.1. The third kappa shape index (κ3) is 11.6. The van der Waals surface area contributed by atoms with Gasteiger partial charge in [-0.15, -0.1) is 22.7 Å². The highest BCUT2D eigenvalue weighted by Crippen LogP contribution is 2.48. The molecule has 4 aromatic heterocycles. The monoisotopic (exact) mass is 1420 g/mol. The van der Waals surface area contributed by atoms with Gasteiger partial charge in [0.25, 0.3) is 13.4 Å². The predicted molar refractivity (Wildman–Crippen MR) is 431 cm³/mol. The van der Waals surface area contributed by atoms with Crippen LogP contribution < -0.4 is 53.2 Å². The number of aromatic nitrogens is 4. The topological polar surface area (TPSA) is 82.1 Å². The van der Waals surface area contributed by atoms with Gasteiger partial charge in [0.1, 0.15) is 10.0 Å². The molecule has 2 N–H and O–H groups in total. The van der Waals surface area contributed by atoms with Crippen molar-refractivity contribution in [3.05, 3.63) is 300 Å². The summed E-state index contributed by atoms with van der Waals surface area (Å²) < 4.78 is 3.70. The molecule has 0 fully saturated rings. The molecule has 11 aromatic carbocycles. The van der Waals surface area contributed by atoms with E-state index in [1.165, 1.54) is 91.0 Å². The molecule has 8 heterocycles. The van der Waals surface area contributed by atoms with Crippen molar-refractivity contribution in [2.24, 2.45) is 0 Å². The predicted octanol–water partition coefficient (Wildman–Crippen LogP) is 19.6. The van der Waals surface area contributed by atoms with Crippen molar-refractivity contribution in [1.82, 2.24) is 19.9 Å². The maximum absolute atomic E-state index is 5.11. The lowest BCUT2D eigenvalue weighted by Crippen LogP contribution is -2.61. The van der Waals surface area contributed by atoms with Crippen molar-refractivity contribution in [3.8, 4) is 43.7 Å². The van der Waals surface area contributed by atoms with Gasteiger partial charge in [0.15, 0.2) is 0 Å². The molecule has 15 aromatic rings. The van der Waals surface area contributed by atoms with Crippen LogP contribution in [0.25, 0.3) is 64.1 Å². The molecule has 0 atom stereocenters. The summed E-state index contributed by atoms with van der Waals surface area (Å²) in [6.45, 7) is 13.8. The van der Waals surface area contributed by atoms with E-state index in [2.05, 4.69) is 326 Å². The van der Waals surface area contributed by atoms with Gasteiger partial charge in [0, 0.05) is 84.0 Å². The van der Waals surface area contributed by atoms with E-state index in [-0.39, 0.29) is 24.3 Å². The minimum atomic E-state index is -0.0775. The van der Waals surface area contributed by atoms with Crippen LogP contribution in [0.15, 0.2) is 285 Å². The van der Waals surface area contributed by atoms with Gasteiger partial charge in [0.05, 0.1) is 31.8 Å². The number of nitrogens with zero attached hydrogens (tertiary/aromatic N) is 6. The summed E-state index contributed by atoms with van der Waals surface area (Å²) in [7, 11) is 0. The Labute approximate surface area is 600 Å². The second-order valence-electron chi connectivity index (χ2n) is 27.7. The zero-order chi connectivity index (χ0) is 67.1. The Balaban J connectivity index is 0.000000139. The van der Waals surface area contributed by atoms with Gasteiger partial charge in [-0.3, -0.25) is 9.97 Å². The third-order valence-corrected chi connectivity index (χ3v) is 22.2. The lowest BCUT2D eigenvalue weighted by atomic mass is 9.33. The molecule has 0 radical (unpaired) electrons. The molecule has 0 saturated heterocycles. The molecule has 0 amide bonds. The van der Waals surface area contributed by atoms with E-state index in [1.807, 2.05) is 48.8 Å². The molecule has 99 heavy (non-hydrogen) atoms. The van der Waals surface area contributed by atoms with E-state index in [0.29, 0.717) is 0 Å². The van der Waals surface area contributed by atoms with Gasteiger partial charge < -0.3 is 20.4 Å². The van der Waals surface area contributed by atoms with E-state index >= 15 is 0 Å². The van der Waals surface area contributed by atoms with E-state index in [9.17, 15) is 0 Å². The highest BCUT2D eigenvalue weighted by molar-refractivity contribution is 14.1. The van der Waals surface area contributed by atoms with Crippen LogP contribution >= 0.6 is 45.3 Å². The summed E-state index contributed by atoms with van der Waals surface area (Å²) in [5, 5.41) is 9.69. The number of nitrogens with one attached hydrogen (secondary N) is 2. The number of rotatable bonds is 6. The lowest BCUT2D eigenvalue weighted by Gasteiger charge is -2.45. The Bertz CT molecular complexity index is 5480. The number of hydrogen-bond acceptors (Lipinski definition) is 10. The van der Waals surface area contributed by atoms with Crippen LogP contribution in [0, 0.1) is 3.57 Å². The normalized spacial score (nSPS) is 12.9. The van der Waals surface area contributed by atoms with Crippen molar-refractivity contribution in [1.29, 1.82) is 0 Å². The summed E-state index contributed by atoms with van der Waals surface area (Å²) in [4.78, 5) is 24.5. The molecule has 0 bridgehead atoms. The lowest BCUT2D eigenvalue weighted by molar-refractivity contribution is 0.590. The molecule has 0 spiro atoms. The fraction of sp³-hybridized carbons (Fsp3) is 0.0930. The first-order chi connectivity index (χ1) is 48.2. The SMILES string of the molecule is CC(C)(C)c1cc2c3c(c1)N(c1ccccc1)c1ccc(-c4nc5ccccc5s4)cc1B3c1cc(-c3ccccn3)ccc1N2c1ccccc1.CC(C)(C)c1cc2c3c(c1)Nc1ccc(-c4nc5ccccc5s4)cc1B3c1cc(-c3ccccn3)ccc1N2.Ic1ccccc1. The Kier molecular flexibility index (Phi) is 15.8. The number of anilines is 10. The molecule has 0 aliphatic carbocycles. The summed E-state index contributed by atoms with van der Waals surface area (Å²) in [5.74, 6) is 0. The molecular formula is C86H67B2IN8S2. The van der Waals surface area contributed by atoms with Gasteiger partial charge in [-0.2, -0.15) is 0 Å². The van der Waals surface area contributed by atoms with Gasteiger partial charge in [-0.25, -0.2) is 9.97 Å².